The number of aromatic nitrogens is 5. The van der Waals surface area contributed by atoms with Crippen molar-refractivity contribution in [2.75, 3.05) is 19.5 Å². The van der Waals surface area contributed by atoms with Crippen molar-refractivity contribution >= 4 is 21.9 Å². The Morgan fingerprint density at radius 2 is 2.11 bits per heavy atom. The Morgan fingerprint density at radius 3 is 2.89 bits per heavy atom. The second-order valence-electron chi connectivity index (χ2n) is 7.86. The van der Waals surface area contributed by atoms with Crippen molar-refractivity contribution in [3.05, 3.63) is 59.9 Å². The number of carbonyl (C=O) groups excluding carboxylic acids is 1. The van der Waals surface area contributed by atoms with E-state index in [4.69, 9.17) is 8.92 Å². The smallest absolute Gasteiger partial charge is 0.335 e. The lowest BCUT2D eigenvalue weighted by molar-refractivity contribution is 0.0636. The van der Waals surface area contributed by atoms with E-state index in [0.717, 1.165) is 5.56 Å². The molecule has 0 aliphatic heterocycles. The Hall–Kier alpha value is -3.46. The molecule has 14 heteroatoms. The number of hydrogen-bond donors (Lipinski definition) is 3. The number of nitrogens with zero attached hydrogens (tertiary/aromatic N) is 5. The van der Waals surface area contributed by atoms with Gasteiger partial charge in [0.1, 0.15) is 23.9 Å². The monoisotopic (exact) mass is 503 g/mol. The standard InChI is InChI=1S/C21H25N7O6S/c1-22-35(31,32)34-18-9-14(8-17(18)29)26-20-15(10-23-12-25-20)19(30)16-5-7-28(27-16)11-13-4-3-6-24-21(13)33-2/h3-7,10,12,14,17-18,22,29H,8-9,11H2,1-2H3,(H,23,25,26)/t14-,17+,18-/m1/s1. The highest BCUT2D eigenvalue weighted by Gasteiger charge is 2.37. The number of rotatable bonds is 10. The zero-order chi connectivity index (χ0) is 25.0. The van der Waals surface area contributed by atoms with Crippen molar-refractivity contribution in [3.8, 4) is 5.88 Å². The number of carbonyl (C=O) groups is 1. The van der Waals surface area contributed by atoms with Crippen molar-refractivity contribution < 1.29 is 27.2 Å². The van der Waals surface area contributed by atoms with Gasteiger partial charge in [-0.25, -0.2) is 15.0 Å². The quantitative estimate of drug-likeness (QED) is 0.322. The van der Waals surface area contributed by atoms with Crippen LogP contribution in [0.1, 0.15) is 34.5 Å². The van der Waals surface area contributed by atoms with Gasteiger partial charge in [-0.15, -0.1) is 0 Å². The van der Waals surface area contributed by atoms with Crippen molar-refractivity contribution in [2.45, 2.75) is 37.6 Å². The van der Waals surface area contributed by atoms with Crippen molar-refractivity contribution in [3.63, 3.8) is 0 Å². The highest BCUT2D eigenvalue weighted by molar-refractivity contribution is 7.84. The zero-order valence-electron chi connectivity index (χ0n) is 19.0. The average molecular weight is 504 g/mol. The number of aliphatic hydroxyl groups is 1. The number of pyridine rings is 1. The van der Waals surface area contributed by atoms with Crippen molar-refractivity contribution in [1.29, 1.82) is 0 Å². The first-order valence-electron chi connectivity index (χ1n) is 10.7. The van der Waals surface area contributed by atoms with Gasteiger partial charge in [-0.3, -0.25) is 13.7 Å². The second-order valence-corrected chi connectivity index (χ2v) is 9.37. The van der Waals surface area contributed by atoms with Gasteiger partial charge in [-0.2, -0.15) is 18.2 Å². The molecule has 0 radical (unpaired) electrons. The van der Waals surface area contributed by atoms with Crippen LogP contribution >= 0.6 is 0 Å². The predicted molar refractivity (Wildman–Crippen MR) is 123 cm³/mol. The third kappa shape index (κ3) is 5.79. The van der Waals surface area contributed by atoms with E-state index in [-0.39, 0.29) is 36.0 Å². The van der Waals surface area contributed by atoms with Gasteiger partial charge in [0.2, 0.25) is 11.7 Å². The van der Waals surface area contributed by atoms with E-state index in [0.29, 0.717) is 12.4 Å². The summed E-state index contributed by atoms with van der Waals surface area (Å²) in [6.07, 6.45) is 4.45. The normalized spacial score (nSPS) is 20.0. The maximum Gasteiger partial charge on any atom is 0.335 e. The fourth-order valence-electron chi connectivity index (χ4n) is 3.82. The van der Waals surface area contributed by atoms with Crippen LogP contribution in [0.2, 0.25) is 0 Å². The number of hydrogen-bond acceptors (Lipinski definition) is 11. The average Bonchev–Trinajstić information content (AvgIpc) is 3.45. The van der Waals surface area contributed by atoms with Crippen LogP contribution < -0.4 is 14.8 Å². The molecule has 0 amide bonds. The molecule has 3 aromatic rings. The highest BCUT2D eigenvalue weighted by atomic mass is 32.2. The molecule has 0 saturated heterocycles. The third-order valence-corrected chi connectivity index (χ3v) is 6.52. The number of anilines is 1. The van der Waals surface area contributed by atoms with Crippen LogP contribution in [0.5, 0.6) is 5.88 Å². The fourth-order valence-corrected chi connectivity index (χ4v) is 4.45. The van der Waals surface area contributed by atoms with Crippen molar-refractivity contribution in [2.24, 2.45) is 0 Å². The van der Waals surface area contributed by atoms with E-state index < -0.39 is 28.3 Å². The lowest BCUT2D eigenvalue weighted by Gasteiger charge is -2.15. The fraction of sp³-hybridized carbons (Fsp3) is 0.381. The van der Waals surface area contributed by atoms with Crippen LogP contribution in [0.25, 0.3) is 0 Å². The SMILES string of the molecule is CNS(=O)(=O)O[C@@H]1C[C@H](Nc2ncncc2C(=O)c2ccn(Cc3cccnc3OC)n2)C[C@@H]1O. The van der Waals surface area contributed by atoms with Crippen molar-refractivity contribution in [1.82, 2.24) is 29.5 Å². The van der Waals surface area contributed by atoms with Gasteiger partial charge in [0, 0.05) is 37.2 Å². The summed E-state index contributed by atoms with van der Waals surface area (Å²) in [7, 11) is -1.20. The zero-order valence-corrected chi connectivity index (χ0v) is 19.8. The summed E-state index contributed by atoms with van der Waals surface area (Å²) in [5, 5.41) is 17.7. The molecule has 0 spiro atoms. The third-order valence-electron chi connectivity index (χ3n) is 5.52. The first-order valence-corrected chi connectivity index (χ1v) is 12.1. The largest absolute Gasteiger partial charge is 0.481 e. The number of nitrogens with one attached hydrogen (secondary N) is 2. The van der Waals surface area contributed by atoms with E-state index in [1.165, 1.54) is 26.7 Å². The lowest BCUT2D eigenvalue weighted by Crippen LogP contribution is -2.31. The number of methoxy groups -OCH3 is 1. The van der Waals surface area contributed by atoms with Gasteiger partial charge >= 0.3 is 10.3 Å². The van der Waals surface area contributed by atoms with Crippen LogP contribution in [0.15, 0.2) is 43.1 Å². The number of ketones is 1. The van der Waals surface area contributed by atoms with Gasteiger partial charge in [-0.1, -0.05) is 6.07 Å². The van der Waals surface area contributed by atoms with Gasteiger partial charge < -0.3 is 15.2 Å². The summed E-state index contributed by atoms with van der Waals surface area (Å²) < 4.78 is 37.2. The Labute approximate surface area is 201 Å². The summed E-state index contributed by atoms with van der Waals surface area (Å²) >= 11 is 0. The maximum atomic E-state index is 13.2. The number of ether oxygens (including phenoxy) is 1. The first-order chi connectivity index (χ1) is 16.8. The molecule has 13 nitrogen and oxygen atoms in total. The topological polar surface area (TPSA) is 170 Å². The molecule has 1 aliphatic rings. The lowest BCUT2D eigenvalue weighted by atomic mass is 10.1. The minimum Gasteiger partial charge on any atom is -0.481 e. The molecule has 0 bridgehead atoms. The molecule has 1 fully saturated rings. The summed E-state index contributed by atoms with van der Waals surface area (Å²) in [4.78, 5) is 25.5. The highest BCUT2D eigenvalue weighted by Crippen LogP contribution is 2.28. The molecule has 0 aromatic carbocycles. The van der Waals surface area contributed by atoms with Crippen LogP contribution in [-0.2, 0) is 21.0 Å². The maximum absolute atomic E-state index is 13.2. The van der Waals surface area contributed by atoms with Crippen LogP contribution in [0.3, 0.4) is 0 Å². The van der Waals surface area contributed by atoms with E-state index in [9.17, 15) is 18.3 Å². The molecule has 3 heterocycles. The van der Waals surface area contributed by atoms with E-state index in [1.54, 1.807) is 29.2 Å². The summed E-state index contributed by atoms with van der Waals surface area (Å²) in [5.74, 6) is 0.333. The molecule has 0 unspecified atom stereocenters. The Morgan fingerprint density at radius 1 is 1.29 bits per heavy atom. The molecule has 3 atom stereocenters. The minimum atomic E-state index is -3.95. The molecule has 1 aliphatic carbocycles. The second kappa shape index (κ2) is 10.4. The predicted octanol–water partition coefficient (Wildman–Crippen LogP) is 0.141. The molecule has 186 valence electrons. The molecular weight excluding hydrogens is 478 g/mol. The number of aliphatic hydroxyl groups excluding tert-OH is 1. The first kappa shape index (κ1) is 24.7. The Kier molecular flexibility index (Phi) is 7.35. The van der Waals surface area contributed by atoms with Gasteiger partial charge in [0.05, 0.1) is 25.3 Å². The van der Waals surface area contributed by atoms with E-state index >= 15 is 0 Å². The van der Waals surface area contributed by atoms with E-state index in [2.05, 4.69) is 30.1 Å². The van der Waals surface area contributed by atoms with Crippen LogP contribution in [0.4, 0.5) is 5.82 Å². The molecular formula is C21H25N7O6S. The Balaban J connectivity index is 1.47. The van der Waals surface area contributed by atoms with Crippen LogP contribution in [0, 0.1) is 0 Å². The molecule has 4 rings (SSSR count). The summed E-state index contributed by atoms with van der Waals surface area (Å²) in [6, 6.07) is 4.86. The molecule has 3 N–H and O–H groups in total. The minimum absolute atomic E-state index is 0.193. The Bertz CT molecular complexity index is 1300. The molecule has 35 heavy (non-hydrogen) atoms. The van der Waals surface area contributed by atoms with Crippen LogP contribution in [-0.4, -0.2) is 76.4 Å². The summed E-state index contributed by atoms with van der Waals surface area (Å²) in [6.45, 7) is 0.359. The molecule has 1 saturated carbocycles. The summed E-state index contributed by atoms with van der Waals surface area (Å²) in [5.41, 5.74) is 1.19. The van der Waals surface area contributed by atoms with Gasteiger partial charge in [-0.05, 0) is 25.0 Å². The van der Waals surface area contributed by atoms with Gasteiger partial charge in [0.15, 0.2) is 0 Å². The van der Waals surface area contributed by atoms with E-state index in [1.807, 2.05) is 6.07 Å². The van der Waals surface area contributed by atoms with Gasteiger partial charge in [0.25, 0.3) is 0 Å². The molecule has 3 aromatic heterocycles.